The van der Waals surface area contributed by atoms with Gasteiger partial charge in [0, 0.05) is 32.7 Å². The van der Waals surface area contributed by atoms with Crippen molar-refractivity contribution in [2.24, 2.45) is 5.92 Å². The molecule has 23 heavy (non-hydrogen) atoms. The van der Waals surface area contributed by atoms with Crippen molar-refractivity contribution in [3.8, 4) is 11.5 Å². The Balaban J connectivity index is 2.03. The molecule has 1 aromatic carbocycles. The van der Waals surface area contributed by atoms with Crippen molar-refractivity contribution in [1.82, 2.24) is 10.2 Å². The second-order valence-corrected chi connectivity index (χ2v) is 6.55. The Morgan fingerprint density at radius 1 is 1.17 bits per heavy atom. The van der Waals surface area contributed by atoms with Gasteiger partial charge in [0.05, 0.1) is 19.3 Å². The summed E-state index contributed by atoms with van der Waals surface area (Å²) in [6.45, 7) is 11.1. The van der Waals surface area contributed by atoms with Crippen molar-refractivity contribution in [2.75, 3.05) is 39.8 Å². The number of nitrogens with one attached hydrogen (secondary N) is 1. The Morgan fingerprint density at radius 2 is 1.87 bits per heavy atom. The highest BCUT2D eigenvalue weighted by atomic mass is 16.5. The van der Waals surface area contributed by atoms with Crippen molar-refractivity contribution >= 4 is 0 Å². The Morgan fingerprint density at radius 3 is 2.48 bits per heavy atom. The van der Waals surface area contributed by atoms with E-state index in [1.54, 1.807) is 7.11 Å². The van der Waals surface area contributed by atoms with Gasteiger partial charge >= 0.3 is 0 Å². The van der Waals surface area contributed by atoms with Gasteiger partial charge in [-0.1, -0.05) is 13.0 Å². The van der Waals surface area contributed by atoms with E-state index < -0.39 is 6.10 Å². The maximum Gasteiger partial charge on any atom is 0.161 e. The Bertz CT molecular complexity index is 487. The fourth-order valence-corrected chi connectivity index (χ4v) is 2.95. The molecule has 0 radical (unpaired) electrons. The van der Waals surface area contributed by atoms with Crippen LogP contribution in [0.15, 0.2) is 18.2 Å². The standard InChI is InChI=1S/C18H30N2O3/c1-13(2)23-16-6-5-15(11-17(16)22-4)18(21)14(3)12-20-9-7-19-8-10-20/h5-6,11,13-14,18-19,21H,7-10,12H2,1-4H3. The van der Waals surface area contributed by atoms with E-state index in [1.165, 1.54) is 0 Å². The van der Waals surface area contributed by atoms with Crippen LogP contribution in [0.4, 0.5) is 0 Å². The van der Waals surface area contributed by atoms with Gasteiger partial charge in [-0.15, -0.1) is 0 Å². The molecule has 1 aliphatic heterocycles. The number of ether oxygens (including phenoxy) is 2. The van der Waals surface area contributed by atoms with Crippen LogP contribution >= 0.6 is 0 Å². The van der Waals surface area contributed by atoms with Crippen molar-refractivity contribution in [3.05, 3.63) is 23.8 Å². The van der Waals surface area contributed by atoms with Crippen LogP contribution in [0.3, 0.4) is 0 Å². The summed E-state index contributed by atoms with van der Waals surface area (Å²) in [6.07, 6.45) is -0.418. The lowest BCUT2D eigenvalue weighted by Gasteiger charge is -2.31. The van der Waals surface area contributed by atoms with Crippen molar-refractivity contribution < 1.29 is 14.6 Å². The first-order valence-corrected chi connectivity index (χ1v) is 8.47. The molecule has 0 saturated carbocycles. The van der Waals surface area contributed by atoms with Crippen LogP contribution < -0.4 is 14.8 Å². The van der Waals surface area contributed by atoms with Crippen molar-refractivity contribution in [1.29, 1.82) is 0 Å². The molecule has 2 rings (SSSR count). The number of hydrogen-bond donors (Lipinski definition) is 2. The molecular weight excluding hydrogens is 292 g/mol. The van der Waals surface area contributed by atoms with E-state index in [9.17, 15) is 5.11 Å². The van der Waals surface area contributed by atoms with E-state index in [1.807, 2.05) is 32.0 Å². The number of benzene rings is 1. The zero-order chi connectivity index (χ0) is 16.8. The minimum atomic E-state index is -0.508. The molecule has 0 spiro atoms. The second kappa shape index (κ2) is 8.52. The van der Waals surface area contributed by atoms with E-state index in [0.717, 1.165) is 38.3 Å². The highest BCUT2D eigenvalue weighted by molar-refractivity contribution is 5.43. The molecule has 2 N–H and O–H groups in total. The van der Waals surface area contributed by atoms with E-state index in [-0.39, 0.29) is 12.0 Å². The van der Waals surface area contributed by atoms with Gasteiger partial charge in [-0.25, -0.2) is 0 Å². The molecule has 1 saturated heterocycles. The van der Waals surface area contributed by atoms with Gasteiger partial charge in [-0.3, -0.25) is 0 Å². The average Bonchev–Trinajstić information content (AvgIpc) is 2.55. The number of methoxy groups -OCH3 is 1. The number of piperazine rings is 1. The summed E-state index contributed by atoms with van der Waals surface area (Å²) < 4.78 is 11.1. The summed E-state index contributed by atoms with van der Waals surface area (Å²) in [5.41, 5.74) is 0.876. The number of aliphatic hydroxyl groups is 1. The van der Waals surface area contributed by atoms with Crippen LogP contribution in [0.1, 0.15) is 32.4 Å². The molecule has 0 aromatic heterocycles. The Hall–Kier alpha value is -1.30. The molecule has 0 bridgehead atoms. The third-order valence-corrected chi connectivity index (χ3v) is 4.19. The third kappa shape index (κ3) is 5.09. The molecule has 2 atom stereocenters. The molecule has 0 amide bonds. The summed E-state index contributed by atoms with van der Waals surface area (Å²) in [5.74, 6) is 1.55. The minimum absolute atomic E-state index is 0.0892. The van der Waals surface area contributed by atoms with Crippen LogP contribution in [0, 0.1) is 5.92 Å². The molecular formula is C18H30N2O3. The average molecular weight is 322 g/mol. The van der Waals surface area contributed by atoms with Gasteiger partial charge in [0.2, 0.25) is 0 Å². The predicted molar refractivity (Wildman–Crippen MR) is 92.2 cm³/mol. The fraction of sp³-hybridized carbons (Fsp3) is 0.667. The van der Waals surface area contributed by atoms with Gasteiger partial charge in [0.15, 0.2) is 11.5 Å². The molecule has 1 aliphatic rings. The summed E-state index contributed by atoms with van der Waals surface area (Å²) in [4.78, 5) is 2.40. The highest BCUT2D eigenvalue weighted by Gasteiger charge is 2.22. The summed E-state index contributed by atoms with van der Waals surface area (Å²) in [6, 6.07) is 5.70. The van der Waals surface area contributed by atoms with Crippen LogP contribution in [0.5, 0.6) is 11.5 Å². The van der Waals surface area contributed by atoms with Crippen LogP contribution in [-0.2, 0) is 0 Å². The summed E-state index contributed by atoms with van der Waals surface area (Å²) in [7, 11) is 1.63. The lowest BCUT2D eigenvalue weighted by Crippen LogP contribution is -2.45. The Kier molecular flexibility index (Phi) is 6.69. The smallest absolute Gasteiger partial charge is 0.161 e. The van der Waals surface area contributed by atoms with E-state index in [2.05, 4.69) is 17.1 Å². The van der Waals surface area contributed by atoms with Gasteiger partial charge in [-0.2, -0.15) is 0 Å². The van der Waals surface area contributed by atoms with Gasteiger partial charge < -0.3 is 24.8 Å². The topological polar surface area (TPSA) is 54.0 Å². The first kappa shape index (κ1) is 18.0. The molecule has 5 nitrogen and oxygen atoms in total. The van der Waals surface area contributed by atoms with Crippen molar-refractivity contribution in [2.45, 2.75) is 33.0 Å². The molecule has 1 heterocycles. The van der Waals surface area contributed by atoms with Crippen LogP contribution in [0.25, 0.3) is 0 Å². The molecule has 130 valence electrons. The third-order valence-electron chi connectivity index (χ3n) is 4.19. The molecule has 0 aliphatic carbocycles. The van der Waals surface area contributed by atoms with Crippen LogP contribution in [-0.4, -0.2) is 55.9 Å². The van der Waals surface area contributed by atoms with E-state index in [0.29, 0.717) is 11.5 Å². The maximum absolute atomic E-state index is 10.7. The second-order valence-electron chi connectivity index (χ2n) is 6.55. The molecule has 5 heteroatoms. The van der Waals surface area contributed by atoms with Crippen LogP contribution in [0.2, 0.25) is 0 Å². The monoisotopic (exact) mass is 322 g/mol. The lowest BCUT2D eigenvalue weighted by molar-refractivity contribution is 0.0839. The van der Waals surface area contributed by atoms with Crippen molar-refractivity contribution in [3.63, 3.8) is 0 Å². The summed E-state index contributed by atoms with van der Waals surface area (Å²) in [5, 5.41) is 14.0. The van der Waals surface area contributed by atoms with Gasteiger partial charge in [-0.05, 0) is 37.5 Å². The summed E-state index contributed by atoms with van der Waals surface area (Å²) >= 11 is 0. The zero-order valence-electron chi connectivity index (χ0n) is 14.7. The predicted octanol–water partition coefficient (Wildman–Crippen LogP) is 2.06. The number of rotatable bonds is 7. The number of hydrogen-bond acceptors (Lipinski definition) is 5. The first-order chi connectivity index (χ1) is 11.0. The minimum Gasteiger partial charge on any atom is -0.493 e. The van der Waals surface area contributed by atoms with E-state index >= 15 is 0 Å². The largest absolute Gasteiger partial charge is 0.493 e. The molecule has 2 unspecified atom stereocenters. The van der Waals surface area contributed by atoms with E-state index in [4.69, 9.17) is 9.47 Å². The zero-order valence-corrected chi connectivity index (χ0v) is 14.7. The quantitative estimate of drug-likeness (QED) is 0.805. The molecule has 1 fully saturated rings. The maximum atomic E-state index is 10.7. The molecule has 1 aromatic rings. The fourth-order valence-electron chi connectivity index (χ4n) is 2.95. The van der Waals surface area contributed by atoms with Gasteiger partial charge in [0.1, 0.15) is 0 Å². The first-order valence-electron chi connectivity index (χ1n) is 8.47. The highest BCUT2D eigenvalue weighted by Crippen LogP contribution is 2.33. The Labute approximate surface area is 139 Å². The normalized spacial score (nSPS) is 18.7. The number of nitrogens with zero attached hydrogens (tertiary/aromatic N) is 1. The number of aliphatic hydroxyl groups excluding tert-OH is 1. The van der Waals surface area contributed by atoms with Gasteiger partial charge in [0.25, 0.3) is 0 Å². The SMILES string of the molecule is COc1cc(C(O)C(C)CN2CCNCC2)ccc1OC(C)C. The lowest BCUT2D eigenvalue weighted by atomic mass is 9.96.